The molecule has 0 unspecified atom stereocenters. The lowest BCUT2D eigenvalue weighted by molar-refractivity contribution is -0.0109. The van der Waals surface area contributed by atoms with Gasteiger partial charge in [0.2, 0.25) is 0 Å². The fraction of sp³-hybridized carbons (Fsp3) is 0.706. The van der Waals surface area contributed by atoms with Gasteiger partial charge in [-0.3, -0.25) is 4.98 Å². The Hall–Kier alpha value is -1.09. The zero-order valence-corrected chi connectivity index (χ0v) is 13.3. The van der Waals surface area contributed by atoms with Crippen molar-refractivity contribution in [1.82, 2.24) is 4.98 Å². The molecule has 2 rings (SSSR count). The summed E-state index contributed by atoms with van der Waals surface area (Å²) in [6.45, 7) is 8.49. The van der Waals surface area contributed by atoms with Gasteiger partial charge in [-0.1, -0.05) is 34.1 Å². The average Bonchev–Trinajstić information content (AvgIpc) is 2.41. The Morgan fingerprint density at radius 1 is 1.30 bits per heavy atom. The highest BCUT2D eigenvalue weighted by molar-refractivity contribution is 5.20. The lowest BCUT2D eigenvalue weighted by Gasteiger charge is -2.31. The summed E-state index contributed by atoms with van der Waals surface area (Å²) in [5, 5.41) is 9.19. The second-order valence-electron chi connectivity index (χ2n) is 5.64. The number of rotatable bonds is 6. The molecule has 20 heavy (non-hydrogen) atoms. The van der Waals surface area contributed by atoms with Crippen LogP contribution in [0.2, 0.25) is 0 Å². The van der Waals surface area contributed by atoms with E-state index in [9.17, 15) is 5.11 Å². The van der Waals surface area contributed by atoms with Gasteiger partial charge in [0.25, 0.3) is 0 Å². The van der Waals surface area contributed by atoms with Gasteiger partial charge < -0.3 is 9.84 Å². The molecule has 0 aromatic carbocycles. The van der Waals surface area contributed by atoms with Gasteiger partial charge in [-0.05, 0) is 30.9 Å². The zero-order chi connectivity index (χ0) is 15.0. The van der Waals surface area contributed by atoms with Crippen LogP contribution in [0.25, 0.3) is 0 Å². The molecular formula is C17H29NO2. The molecule has 3 heteroatoms. The Morgan fingerprint density at radius 3 is 2.50 bits per heavy atom. The molecule has 0 spiro atoms. The van der Waals surface area contributed by atoms with Gasteiger partial charge >= 0.3 is 0 Å². The summed E-state index contributed by atoms with van der Waals surface area (Å²) in [6, 6.07) is 4.03. The van der Waals surface area contributed by atoms with Crippen LogP contribution in [0.3, 0.4) is 0 Å². The third-order valence-electron chi connectivity index (χ3n) is 3.38. The molecule has 1 fully saturated rings. The SMILES string of the molecule is CC.CC(C)CCCc1ccc(OC2CC(O)C2)cn1. The highest BCUT2D eigenvalue weighted by Gasteiger charge is 2.28. The molecule has 1 N–H and O–H groups in total. The number of aromatic nitrogens is 1. The molecule has 1 aliphatic carbocycles. The molecule has 0 radical (unpaired) electrons. The number of pyridine rings is 1. The van der Waals surface area contributed by atoms with E-state index in [-0.39, 0.29) is 12.2 Å². The maximum Gasteiger partial charge on any atom is 0.138 e. The first-order valence-electron chi connectivity index (χ1n) is 7.93. The molecule has 1 aliphatic rings. The van der Waals surface area contributed by atoms with Crippen molar-refractivity contribution in [1.29, 1.82) is 0 Å². The minimum absolute atomic E-state index is 0.168. The van der Waals surface area contributed by atoms with Crippen LogP contribution in [0.1, 0.15) is 59.1 Å². The molecule has 0 amide bonds. The van der Waals surface area contributed by atoms with E-state index in [0.29, 0.717) is 0 Å². The van der Waals surface area contributed by atoms with E-state index in [4.69, 9.17) is 4.74 Å². The van der Waals surface area contributed by atoms with E-state index in [1.807, 2.05) is 26.0 Å². The number of hydrogen-bond donors (Lipinski definition) is 1. The molecular weight excluding hydrogens is 250 g/mol. The van der Waals surface area contributed by atoms with Crippen LogP contribution < -0.4 is 4.74 Å². The van der Waals surface area contributed by atoms with Gasteiger partial charge in [0.15, 0.2) is 0 Å². The predicted molar refractivity (Wildman–Crippen MR) is 83.0 cm³/mol. The first-order chi connectivity index (χ1) is 9.63. The minimum atomic E-state index is -0.168. The minimum Gasteiger partial charge on any atom is -0.489 e. The van der Waals surface area contributed by atoms with Gasteiger partial charge in [0.05, 0.1) is 12.3 Å². The van der Waals surface area contributed by atoms with Crippen LogP contribution in [0.15, 0.2) is 18.3 Å². The van der Waals surface area contributed by atoms with Gasteiger partial charge in [-0.15, -0.1) is 0 Å². The topological polar surface area (TPSA) is 42.4 Å². The number of aryl methyl sites for hydroxylation is 1. The molecule has 0 saturated heterocycles. The summed E-state index contributed by atoms with van der Waals surface area (Å²) in [5.74, 6) is 1.58. The molecule has 0 bridgehead atoms. The van der Waals surface area contributed by atoms with E-state index >= 15 is 0 Å². The van der Waals surface area contributed by atoms with Gasteiger partial charge in [-0.2, -0.15) is 0 Å². The first-order valence-corrected chi connectivity index (χ1v) is 7.93. The lowest BCUT2D eigenvalue weighted by atomic mass is 9.92. The van der Waals surface area contributed by atoms with Crippen molar-refractivity contribution in [2.45, 2.75) is 72.0 Å². The summed E-state index contributed by atoms with van der Waals surface area (Å²) >= 11 is 0. The molecule has 3 nitrogen and oxygen atoms in total. The summed E-state index contributed by atoms with van der Waals surface area (Å²) < 4.78 is 5.70. The second-order valence-corrected chi connectivity index (χ2v) is 5.64. The Balaban J connectivity index is 0.000000956. The Kier molecular flexibility index (Phi) is 7.60. The van der Waals surface area contributed by atoms with Crippen molar-refractivity contribution in [2.75, 3.05) is 0 Å². The maximum atomic E-state index is 9.19. The van der Waals surface area contributed by atoms with E-state index < -0.39 is 0 Å². The number of hydrogen-bond acceptors (Lipinski definition) is 3. The third-order valence-corrected chi connectivity index (χ3v) is 3.38. The molecule has 0 aliphatic heterocycles. The fourth-order valence-electron chi connectivity index (χ4n) is 2.15. The zero-order valence-electron chi connectivity index (χ0n) is 13.3. The van der Waals surface area contributed by atoms with Crippen LogP contribution >= 0.6 is 0 Å². The fourth-order valence-corrected chi connectivity index (χ4v) is 2.15. The Bertz CT molecular complexity index is 356. The number of nitrogens with zero attached hydrogens (tertiary/aromatic N) is 1. The first kappa shape index (κ1) is 17.0. The monoisotopic (exact) mass is 279 g/mol. The molecule has 114 valence electrons. The quantitative estimate of drug-likeness (QED) is 0.856. The molecule has 1 saturated carbocycles. The van der Waals surface area contributed by atoms with E-state index in [0.717, 1.165) is 36.6 Å². The van der Waals surface area contributed by atoms with E-state index in [2.05, 4.69) is 18.8 Å². The van der Waals surface area contributed by atoms with Crippen molar-refractivity contribution in [3.8, 4) is 5.75 Å². The van der Waals surface area contributed by atoms with Crippen molar-refractivity contribution in [3.05, 3.63) is 24.0 Å². The Morgan fingerprint density at radius 2 is 2.00 bits per heavy atom. The Labute approximate surface area is 123 Å². The molecule has 0 atom stereocenters. The van der Waals surface area contributed by atoms with Crippen LogP contribution in [0, 0.1) is 5.92 Å². The number of aliphatic hydroxyl groups excluding tert-OH is 1. The third kappa shape index (κ3) is 5.91. The largest absolute Gasteiger partial charge is 0.489 e. The second kappa shape index (κ2) is 8.96. The molecule has 1 aromatic rings. The van der Waals surface area contributed by atoms with E-state index in [1.54, 1.807) is 6.20 Å². The van der Waals surface area contributed by atoms with Gasteiger partial charge in [-0.25, -0.2) is 0 Å². The summed E-state index contributed by atoms with van der Waals surface area (Å²) in [4.78, 5) is 4.42. The number of aliphatic hydroxyl groups is 1. The van der Waals surface area contributed by atoms with Crippen LogP contribution in [0.4, 0.5) is 0 Å². The summed E-state index contributed by atoms with van der Waals surface area (Å²) in [6.07, 6.45) is 6.79. The average molecular weight is 279 g/mol. The van der Waals surface area contributed by atoms with Crippen molar-refractivity contribution >= 4 is 0 Å². The van der Waals surface area contributed by atoms with Crippen molar-refractivity contribution < 1.29 is 9.84 Å². The molecule has 1 aromatic heterocycles. The normalized spacial score (nSPS) is 20.9. The van der Waals surface area contributed by atoms with Gasteiger partial charge in [0, 0.05) is 18.5 Å². The van der Waals surface area contributed by atoms with Crippen molar-refractivity contribution in [3.63, 3.8) is 0 Å². The molecule has 1 heterocycles. The van der Waals surface area contributed by atoms with E-state index in [1.165, 1.54) is 12.8 Å². The number of ether oxygens (including phenoxy) is 1. The van der Waals surface area contributed by atoms with Crippen LogP contribution in [-0.2, 0) is 6.42 Å². The summed E-state index contributed by atoms with van der Waals surface area (Å²) in [7, 11) is 0. The highest BCUT2D eigenvalue weighted by atomic mass is 16.5. The van der Waals surface area contributed by atoms with Crippen molar-refractivity contribution in [2.24, 2.45) is 5.92 Å². The van der Waals surface area contributed by atoms with Gasteiger partial charge in [0.1, 0.15) is 11.9 Å². The smallest absolute Gasteiger partial charge is 0.138 e. The van der Waals surface area contributed by atoms with Crippen LogP contribution in [0.5, 0.6) is 5.75 Å². The summed E-state index contributed by atoms with van der Waals surface area (Å²) in [5.41, 5.74) is 1.14. The lowest BCUT2D eigenvalue weighted by Crippen LogP contribution is -2.37. The highest BCUT2D eigenvalue weighted by Crippen LogP contribution is 2.25. The maximum absolute atomic E-state index is 9.19. The standard InChI is InChI=1S/C15H23NO2.C2H6/c1-11(2)4-3-5-12-6-7-14(10-16-12)18-15-8-13(17)9-15;1-2/h6-7,10-11,13,15,17H,3-5,8-9H2,1-2H3;1-2H3. The predicted octanol–water partition coefficient (Wildman–Crippen LogP) is 3.99. The van der Waals surface area contributed by atoms with Crippen LogP contribution in [-0.4, -0.2) is 22.3 Å².